The van der Waals surface area contributed by atoms with E-state index in [2.05, 4.69) is 33.6 Å². The number of ketones is 1. The normalized spacial score (nSPS) is 18.7. The summed E-state index contributed by atoms with van der Waals surface area (Å²) in [6, 6.07) is 13.8. The third-order valence-corrected chi connectivity index (χ3v) is 6.77. The van der Waals surface area contributed by atoms with Crippen LogP contribution >= 0.6 is 0 Å². The molecular weight excluding hydrogens is 400 g/mol. The molecule has 5 rings (SSSR count). The summed E-state index contributed by atoms with van der Waals surface area (Å²) >= 11 is 0. The smallest absolute Gasteiger partial charge is 0.253 e. The number of nitrogens with zero attached hydrogens (tertiary/aromatic N) is 4. The van der Waals surface area contributed by atoms with Gasteiger partial charge in [0.15, 0.2) is 0 Å². The van der Waals surface area contributed by atoms with Crippen LogP contribution in [0.15, 0.2) is 67.4 Å². The van der Waals surface area contributed by atoms with Gasteiger partial charge in [0.2, 0.25) is 0 Å². The lowest BCUT2D eigenvalue weighted by atomic mass is 9.86. The maximum atomic E-state index is 13.3. The Morgan fingerprint density at radius 1 is 1.00 bits per heavy atom. The largest absolute Gasteiger partial charge is 0.339 e. The summed E-state index contributed by atoms with van der Waals surface area (Å²) in [5.41, 5.74) is 5.28. The number of Topliss-reactive ketones (excluding diaryl/α,β-unsaturated/α-hetero) is 1. The summed E-state index contributed by atoms with van der Waals surface area (Å²) in [5.74, 6) is 0.275. The summed E-state index contributed by atoms with van der Waals surface area (Å²) in [6.07, 6.45) is 8.86. The molecule has 1 unspecified atom stereocenters. The summed E-state index contributed by atoms with van der Waals surface area (Å²) in [5, 5.41) is 0. The van der Waals surface area contributed by atoms with Gasteiger partial charge in [-0.05, 0) is 48.6 Å². The minimum absolute atomic E-state index is 0.0126. The van der Waals surface area contributed by atoms with E-state index >= 15 is 0 Å². The molecule has 2 aliphatic heterocycles. The van der Waals surface area contributed by atoms with Gasteiger partial charge in [-0.15, -0.1) is 0 Å². The Bertz CT molecular complexity index is 1160. The topological polar surface area (TPSA) is 68.1 Å². The van der Waals surface area contributed by atoms with Crippen LogP contribution in [0.1, 0.15) is 53.8 Å². The number of allylic oxidation sites excluding steroid dienone is 2. The van der Waals surface area contributed by atoms with E-state index in [1.165, 1.54) is 11.1 Å². The maximum Gasteiger partial charge on any atom is 0.253 e. The van der Waals surface area contributed by atoms with Crippen molar-refractivity contribution in [1.29, 1.82) is 0 Å². The number of pyridine rings is 1. The van der Waals surface area contributed by atoms with Crippen molar-refractivity contribution < 1.29 is 9.59 Å². The van der Waals surface area contributed by atoms with Crippen LogP contribution in [0.25, 0.3) is 11.1 Å². The molecule has 0 bridgehead atoms. The number of amides is 1. The molecule has 6 heteroatoms. The third-order valence-electron chi connectivity index (χ3n) is 6.77. The second-order valence-corrected chi connectivity index (χ2v) is 8.58. The van der Waals surface area contributed by atoms with Crippen LogP contribution in [0.5, 0.6) is 0 Å². The highest BCUT2D eigenvalue weighted by atomic mass is 16.2. The van der Waals surface area contributed by atoms with Crippen molar-refractivity contribution in [2.45, 2.75) is 32.2 Å². The van der Waals surface area contributed by atoms with Crippen LogP contribution < -0.4 is 0 Å². The maximum absolute atomic E-state index is 13.3. The van der Waals surface area contributed by atoms with E-state index in [9.17, 15) is 9.59 Å². The first-order chi connectivity index (χ1) is 15.6. The van der Waals surface area contributed by atoms with Crippen molar-refractivity contribution in [2.24, 2.45) is 5.92 Å². The van der Waals surface area contributed by atoms with Crippen LogP contribution in [0.4, 0.5) is 0 Å². The number of fused-ring (bicyclic) bond motifs is 1. The van der Waals surface area contributed by atoms with Gasteiger partial charge in [-0.2, -0.15) is 0 Å². The lowest BCUT2D eigenvalue weighted by Crippen LogP contribution is -2.40. The number of benzene rings is 1. The Labute approximate surface area is 187 Å². The molecular formula is C26H26N4O2. The standard InChI is InChI=1S/C26H26N4O2/c1-18-23-16-28-17-30(23)22(25(18)20-5-3-2-4-6-20)15-24(31)19-9-13-29(14-10-19)26(32)21-7-11-27-12-8-21/h2-8,11-12,16-17,19,22H,9-10,13-15H2,1H3. The van der Waals surface area contributed by atoms with Gasteiger partial charge in [0.05, 0.1) is 24.3 Å². The van der Waals surface area contributed by atoms with Gasteiger partial charge in [0.25, 0.3) is 5.91 Å². The summed E-state index contributed by atoms with van der Waals surface area (Å²) in [6.45, 7) is 3.33. The second kappa shape index (κ2) is 8.54. The first-order valence-corrected chi connectivity index (χ1v) is 11.1. The van der Waals surface area contributed by atoms with Crippen molar-refractivity contribution in [2.75, 3.05) is 13.1 Å². The van der Waals surface area contributed by atoms with Gasteiger partial charge < -0.3 is 9.47 Å². The zero-order chi connectivity index (χ0) is 22.1. The van der Waals surface area contributed by atoms with E-state index in [4.69, 9.17) is 0 Å². The Balaban J connectivity index is 1.28. The molecule has 0 spiro atoms. The number of carbonyl (C=O) groups excluding carboxylic acids is 2. The monoisotopic (exact) mass is 426 g/mol. The fourth-order valence-corrected chi connectivity index (χ4v) is 5.04. The molecule has 2 aromatic heterocycles. The SMILES string of the molecule is CC1=C(c2ccccc2)C(CC(=O)C2CCN(C(=O)c3ccncc3)CC2)n2cncc21. The van der Waals surface area contributed by atoms with Crippen LogP contribution in [-0.2, 0) is 4.79 Å². The van der Waals surface area contributed by atoms with Gasteiger partial charge in [-0.1, -0.05) is 30.3 Å². The van der Waals surface area contributed by atoms with Crippen molar-refractivity contribution >= 4 is 22.8 Å². The van der Waals surface area contributed by atoms with E-state index in [0.29, 0.717) is 37.9 Å². The van der Waals surface area contributed by atoms with Crippen molar-refractivity contribution in [3.63, 3.8) is 0 Å². The molecule has 1 saturated heterocycles. The number of carbonyl (C=O) groups is 2. The van der Waals surface area contributed by atoms with E-state index < -0.39 is 0 Å². The number of aromatic nitrogens is 3. The number of imidazole rings is 1. The Hall–Kier alpha value is -3.54. The molecule has 0 N–H and O–H groups in total. The second-order valence-electron chi connectivity index (χ2n) is 8.58. The first kappa shape index (κ1) is 20.4. The van der Waals surface area contributed by atoms with Crippen LogP contribution in [-0.4, -0.2) is 44.2 Å². The van der Waals surface area contributed by atoms with Crippen molar-refractivity contribution in [3.8, 4) is 0 Å². The fraction of sp³-hybridized carbons (Fsp3) is 0.308. The fourth-order valence-electron chi connectivity index (χ4n) is 5.04. The van der Waals surface area contributed by atoms with Crippen LogP contribution in [0, 0.1) is 5.92 Å². The van der Waals surface area contributed by atoms with Gasteiger partial charge in [-0.25, -0.2) is 4.98 Å². The molecule has 162 valence electrons. The van der Waals surface area contributed by atoms with Gasteiger partial charge >= 0.3 is 0 Å². The van der Waals surface area contributed by atoms with Crippen molar-refractivity contribution in [1.82, 2.24) is 19.4 Å². The van der Waals surface area contributed by atoms with E-state index in [1.54, 1.807) is 24.5 Å². The number of hydrogen-bond donors (Lipinski definition) is 0. The highest BCUT2D eigenvalue weighted by Gasteiger charge is 2.34. The van der Waals surface area contributed by atoms with Gasteiger partial charge in [0, 0.05) is 43.4 Å². The molecule has 0 radical (unpaired) electrons. The Morgan fingerprint density at radius 2 is 1.72 bits per heavy atom. The first-order valence-electron chi connectivity index (χ1n) is 11.1. The number of piperidine rings is 1. The predicted octanol–water partition coefficient (Wildman–Crippen LogP) is 4.28. The molecule has 4 heterocycles. The number of likely N-dealkylation sites (tertiary alicyclic amines) is 1. The highest BCUT2D eigenvalue weighted by Crippen LogP contribution is 2.44. The molecule has 1 atom stereocenters. The average molecular weight is 427 g/mol. The zero-order valence-electron chi connectivity index (χ0n) is 18.1. The van der Waals surface area contributed by atoms with E-state index in [0.717, 1.165) is 11.3 Å². The molecule has 1 aromatic carbocycles. The molecule has 2 aliphatic rings. The summed E-state index contributed by atoms with van der Waals surface area (Å²) in [7, 11) is 0. The molecule has 1 fully saturated rings. The molecule has 6 nitrogen and oxygen atoms in total. The zero-order valence-corrected chi connectivity index (χ0v) is 18.1. The van der Waals surface area contributed by atoms with E-state index in [1.807, 2.05) is 35.6 Å². The molecule has 0 aliphatic carbocycles. The molecule has 1 amide bonds. The molecule has 32 heavy (non-hydrogen) atoms. The van der Waals surface area contributed by atoms with Crippen LogP contribution in [0.2, 0.25) is 0 Å². The average Bonchev–Trinajstić information content (AvgIpc) is 3.43. The van der Waals surface area contributed by atoms with Crippen LogP contribution in [0.3, 0.4) is 0 Å². The lowest BCUT2D eigenvalue weighted by Gasteiger charge is -2.32. The summed E-state index contributed by atoms with van der Waals surface area (Å²) in [4.78, 5) is 36.2. The van der Waals surface area contributed by atoms with E-state index in [-0.39, 0.29) is 23.7 Å². The quantitative estimate of drug-likeness (QED) is 0.611. The number of rotatable bonds is 5. The lowest BCUT2D eigenvalue weighted by molar-refractivity contribution is -0.124. The van der Waals surface area contributed by atoms with Gasteiger partial charge in [0.1, 0.15) is 5.78 Å². The summed E-state index contributed by atoms with van der Waals surface area (Å²) < 4.78 is 2.14. The van der Waals surface area contributed by atoms with Gasteiger partial charge in [-0.3, -0.25) is 14.6 Å². The minimum Gasteiger partial charge on any atom is -0.339 e. The van der Waals surface area contributed by atoms with Crippen molar-refractivity contribution in [3.05, 3.63) is 84.2 Å². The molecule has 3 aromatic rings. The molecule has 0 saturated carbocycles. The minimum atomic E-state index is -0.0288. The Kier molecular flexibility index (Phi) is 5.43. The highest BCUT2D eigenvalue weighted by molar-refractivity contribution is 5.97. The Morgan fingerprint density at radius 3 is 2.44 bits per heavy atom. The predicted molar refractivity (Wildman–Crippen MR) is 123 cm³/mol. The third kappa shape index (κ3) is 3.66. The number of hydrogen-bond acceptors (Lipinski definition) is 4.